The zero-order chi connectivity index (χ0) is 27.9. The van der Waals surface area contributed by atoms with Crippen LogP contribution in [0.1, 0.15) is 63.8 Å². The fourth-order valence-corrected chi connectivity index (χ4v) is 4.18. The number of nitrogens with one attached hydrogen (secondary N) is 1. The van der Waals surface area contributed by atoms with E-state index in [2.05, 4.69) is 26.1 Å². The standard InChI is InChI=1S/C33H42N2O3/c1-24-13-15-26(16-14-24)22-35(30(36)23-38-28-19-17-27(18-20-28)32(2,3)4)29(31(37)34-33(5,6)7)21-25-11-9-8-10-12-25/h8-20,29H,21-23H2,1-7H3,(H,34,37). The van der Waals surface area contributed by atoms with E-state index in [1.807, 2.05) is 107 Å². The quantitative estimate of drug-likeness (QED) is 0.368. The van der Waals surface area contributed by atoms with Crippen molar-refractivity contribution in [1.29, 1.82) is 0 Å². The summed E-state index contributed by atoms with van der Waals surface area (Å²) >= 11 is 0. The van der Waals surface area contributed by atoms with Gasteiger partial charge in [0.2, 0.25) is 5.91 Å². The highest BCUT2D eigenvalue weighted by Gasteiger charge is 2.32. The summed E-state index contributed by atoms with van der Waals surface area (Å²) in [6.07, 6.45) is 0.403. The van der Waals surface area contributed by atoms with Gasteiger partial charge in [0.15, 0.2) is 6.61 Å². The minimum Gasteiger partial charge on any atom is -0.484 e. The Morgan fingerprint density at radius 3 is 1.97 bits per heavy atom. The molecule has 0 fully saturated rings. The van der Waals surface area contributed by atoms with Crippen LogP contribution in [0, 0.1) is 6.92 Å². The summed E-state index contributed by atoms with van der Waals surface area (Å²) in [5.74, 6) is 0.201. The molecule has 202 valence electrons. The van der Waals surface area contributed by atoms with E-state index in [1.54, 1.807) is 4.90 Å². The predicted molar refractivity (Wildman–Crippen MR) is 154 cm³/mol. The SMILES string of the molecule is Cc1ccc(CN(C(=O)COc2ccc(C(C)(C)C)cc2)C(Cc2ccccc2)C(=O)NC(C)(C)C)cc1. The normalized spacial score (nSPS) is 12.5. The van der Waals surface area contributed by atoms with Crippen molar-refractivity contribution in [1.82, 2.24) is 10.2 Å². The molecule has 0 aliphatic rings. The average Bonchev–Trinajstić information content (AvgIpc) is 2.85. The summed E-state index contributed by atoms with van der Waals surface area (Å²) in [4.78, 5) is 29.0. The number of carbonyl (C=O) groups excluding carboxylic acids is 2. The highest BCUT2D eigenvalue weighted by Crippen LogP contribution is 2.24. The molecule has 0 radical (unpaired) electrons. The molecule has 38 heavy (non-hydrogen) atoms. The molecule has 5 heteroatoms. The maximum absolute atomic E-state index is 13.7. The summed E-state index contributed by atoms with van der Waals surface area (Å²) in [5.41, 5.74) is 3.88. The van der Waals surface area contributed by atoms with Crippen LogP contribution in [0.4, 0.5) is 0 Å². The van der Waals surface area contributed by atoms with Crippen LogP contribution in [-0.4, -0.2) is 34.9 Å². The summed E-state index contributed by atoms with van der Waals surface area (Å²) in [7, 11) is 0. The molecular formula is C33H42N2O3. The third-order valence-electron chi connectivity index (χ3n) is 6.33. The molecule has 1 unspecified atom stereocenters. The van der Waals surface area contributed by atoms with Crippen LogP contribution in [0.15, 0.2) is 78.9 Å². The lowest BCUT2D eigenvalue weighted by Crippen LogP contribution is -2.55. The molecule has 5 nitrogen and oxygen atoms in total. The molecule has 1 atom stereocenters. The van der Waals surface area contributed by atoms with Gasteiger partial charge in [0.25, 0.3) is 5.91 Å². The van der Waals surface area contributed by atoms with Crippen molar-refractivity contribution < 1.29 is 14.3 Å². The minimum atomic E-state index is -0.697. The maximum atomic E-state index is 13.7. The van der Waals surface area contributed by atoms with Gasteiger partial charge >= 0.3 is 0 Å². The smallest absolute Gasteiger partial charge is 0.261 e. The largest absolute Gasteiger partial charge is 0.484 e. The van der Waals surface area contributed by atoms with Gasteiger partial charge in [0.05, 0.1) is 0 Å². The lowest BCUT2D eigenvalue weighted by atomic mass is 9.87. The zero-order valence-corrected chi connectivity index (χ0v) is 23.9. The monoisotopic (exact) mass is 514 g/mol. The van der Waals surface area contributed by atoms with E-state index in [0.717, 1.165) is 16.7 Å². The van der Waals surface area contributed by atoms with Crippen LogP contribution >= 0.6 is 0 Å². The van der Waals surface area contributed by atoms with Gasteiger partial charge < -0.3 is 15.0 Å². The molecule has 0 spiro atoms. The molecular weight excluding hydrogens is 472 g/mol. The van der Waals surface area contributed by atoms with Crippen molar-refractivity contribution in [3.8, 4) is 5.75 Å². The number of rotatable bonds is 9. The molecule has 0 bridgehead atoms. The number of benzene rings is 3. The van der Waals surface area contributed by atoms with Crippen LogP contribution in [0.25, 0.3) is 0 Å². The Labute approximate surface area is 228 Å². The van der Waals surface area contributed by atoms with Crippen molar-refractivity contribution in [2.45, 2.75) is 78.4 Å². The number of aryl methyl sites for hydroxylation is 1. The molecule has 3 rings (SSSR count). The van der Waals surface area contributed by atoms with Crippen molar-refractivity contribution in [2.24, 2.45) is 0 Å². The van der Waals surface area contributed by atoms with Gasteiger partial charge in [-0.2, -0.15) is 0 Å². The average molecular weight is 515 g/mol. The molecule has 2 amide bonds. The van der Waals surface area contributed by atoms with Crippen molar-refractivity contribution in [2.75, 3.05) is 6.61 Å². The first-order chi connectivity index (χ1) is 17.8. The Morgan fingerprint density at radius 2 is 1.42 bits per heavy atom. The highest BCUT2D eigenvalue weighted by molar-refractivity contribution is 5.89. The Bertz CT molecular complexity index is 1190. The molecule has 3 aromatic rings. The number of ether oxygens (including phenoxy) is 1. The second kappa shape index (κ2) is 12.3. The molecule has 0 aliphatic carbocycles. The number of hydrogen-bond donors (Lipinski definition) is 1. The second-order valence-corrected chi connectivity index (χ2v) is 12.0. The molecule has 0 saturated carbocycles. The third kappa shape index (κ3) is 8.76. The van der Waals surface area contributed by atoms with Crippen molar-refractivity contribution >= 4 is 11.8 Å². The van der Waals surface area contributed by atoms with Gasteiger partial charge in [-0.25, -0.2) is 0 Å². The fourth-order valence-electron chi connectivity index (χ4n) is 4.18. The van der Waals surface area contributed by atoms with E-state index in [4.69, 9.17) is 4.74 Å². The predicted octanol–water partition coefficient (Wildman–Crippen LogP) is 6.23. The summed E-state index contributed by atoms with van der Waals surface area (Å²) in [6, 6.07) is 25.0. The van der Waals surface area contributed by atoms with Gasteiger partial charge in [-0.1, -0.05) is 93.1 Å². The Morgan fingerprint density at radius 1 is 0.816 bits per heavy atom. The topological polar surface area (TPSA) is 58.6 Å². The van der Waals surface area contributed by atoms with Crippen LogP contribution in [0.2, 0.25) is 0 Å². The van der Waals surface area contributed by atoms with Crippen LogP contribution in [0.3, 0.4) is 0 Å². The third-order valence-corrected chi connectivity index (χ3v) is 6.33. The van der Waals surface area contributed by atoms with Gasteiger partial charge in [-0.05, 0) is 61.9 Å². The lowest BCUT2D eigenvalue weighted by molar-refractivity contribution is -0.143. The van der Waals surface area contributed by atoms with Gasteiger partial charge in [0.1, 0.15) is 11.8 Å². The van der Waals surface area contributed by atoms with Gasteiger partial charge in [-0.15, -0.1) is 0 Å². The molecule has 0 saturated heterocycles. The summed E-state index contributed by atoms with van der Waals surface area (Å²) in [6.45, 7) is 14.5. The molecule has 0 heterocycles. The number of nitrogens with zero attached hydrogens (tertiary/aromatic N) is 1. The first kappa shape index (κ1) is 29.0. The van der Waals surface area contributed by atoms with E-state index in [1.165, 1.54) is 5.56 Å². The van der Waals surface area contributed by atoms with Crippen LogP contribution in [0.5, 0.6) is 5.75 Å². The first-order valence-electron chi connectivity index (χ1n) is 13.3. The van der Waals surface area contributed by atoms with Crippen LogP contribution in [-0.2, 0) is 28.0 Å². The molecule has 1 N–H and O–H groups in total. The van der Waals surface area contributed by atoms with Crippen LogP contribution < -0.4 is 10.1 Å². The van der Waals surface area contributed by atoms with E-state index in [-0.39, 0.29) is 23.8 Å². The van der Waals surface area contributed by atoms with E-state index >= 15 is 0 Å². The van der Waals surface area contributed by atoms with E-state index < -0.39 is 11.6 Å². The van der Waals surface area contributed by atoms with E-state index in [9.17, 15) is 9.59 Å². The summed E-state index contributed by atoms with van der Waals surface area (Å²) in [5, 5.41) is 3.09. The second-order valence-electron chi connectivity index (χ2n) is 12.0. The minimum absolute atomic E-state index is 0.0320. The van der Waals surface area contributed by atoms with Crippen molar-refractivity contribution in [3.05, 3.63) is 101 Å². The Hall–Kier alpha value is -3.60. The molecule has 0 aromatic heterocycles. The maximum Gasteiger partial charge on any atom is 0.261 e. The van der Waals surface area contributed by atoms with E-state index in [0.29, 0.717) is 18.7 Å². The first-order valence-corrected chi connectivity index (χ1v) is 13.3. The lowest BCUT2D eigenvalue weighted by Gasteiger charge is -2.33. The Balaban J connectivity index is 1.89. The van der Waals surface area contributed by atoms with Gasteiger partial charge in [-0.3, -0.25) is 9.59 Å². The van der Waals surface area contributed by atoms with Crippen molar-refractivity contribution in [3.63, 3.8) is 0 Å². The number of amides is 2. The highest BCUT2D eigenvalue weighted by atomic mass is 16.5. The summed E-state index contributed by atoms with van der Waals surface area (Å²) < 4.78 is 5.93. The molecule has 0 aliphatic heterocycles. The fraction of sp³-hybridized carbons (Fsp3) is 0.394. The molecule has 3 aromatic carbocycles. The number of carbonyl (C=O) groups is 2. The Kier molecular flexibility index (Phi) is 9.37. The number of hydrogen-bond acceptors (Lipinski definition) is 3. The van der Waals surface area contributed by atoms with Gasteiger partial charge in [0, 0.05) is 18.5 Å². The zero-order valence-electron chi connectivity index (χ0n) is 23.9.